The van der Waals surface area contributed by atoms with E-state index in [1.807, 2.05) is 11.4 Å². The molecule has 2 aromatic rings. The monoisotopic (exact) mass is 262 g/mol. The van der Waals surface area contributed by atoms with Gasteiger partial charge in [0.2, 0.25) is 0 Å². The average Bonchev–Trinajstić information content (AvgIpc) is 2.75. The van der Waals surface area contributed by atoms with Crippen molar-refractivity contribution >= 4 is 11.3 Å². The van der Waals surface area contributed by atoms with Crippen molar-refractivity contribution in [2.45, 2.75) is 26.4 Å². The van der Waals surface area contributed by atoms with E-state index in [9.17, 15) is 5.11 Å². The Morgan fingerprint density at radius 1 is 1.17 bits per heavy atom. The van der Waals surface area contributed by atoms with Crippen LogP contribution in [0.4, 0.5) is 0 Å². The van der Waals surface area contributed by atoms with E-state index in [2.05, 4.69) is 32.0 Å². The summed E-state index contributed by atoms with van der Waals surface area (Å²) in [5.74, 6) is 0.814. The highest BCUT2D eigenvalue weighted by atomic mass is 32.1. The first-order valence-corrected chi connectivity index (χ1v) is 6.84. The molecule has 2 rings (SSSR count). The minimum atomic E-state index is -0.458. The molecule has 1 aromatic heterocycles. The van der Waals surface area contributed by atoms with Crippen molar-refractivity contribution in [1.82, 2.24) is 0 Å². The number of hydrogen-bond donors (Lipinski definition) is 1. The minimum Gasteiger partial charge on any atom is -0.496 e. The molecule has 0 bridgehead atoms. The maximum atomic E-state index is 10.2. The van der Waals surface area contributed by atoms with Gasteiger partial charge in [-0.2, -0.15) is 0 Å². The molecule has 1 unspecified atom stereocenters. The number of aryl methyl sites for hydroxylation is 2. The van der Waals surface area contributed by atoms with Crippen molar-refractivity contribution < 1.29 is 9.84 Å². The summed E-state index contributed by atoms with van der Waals surface area (Å²) < 4.78 is 5.13. The highest BCUT2D eigenvalue weighted by molar-refractivity contribution is 7.10. The number of aliphatic hydroxyl groups is 1. The van der Waals surface area contributed by atoms with Crippen LogP contribution >= 0.6 is 11.3 Å². The van der Waals surface area contributed by atoms with Gasteiger partial charge in [0.05, 0.1) is 13.2 Å². The van der Waals surface area contributed by atoms with Gasteiger partial charge in [-0.15, -0.1) is 11.3 Å². The van der Waals surface area contributed by atoms with Gasteiger partial charge >= 0.3 is 0 Å². The zero-order valence-corrected chi connectivity index (χ0v) is 11.8. The molecule has 3 heteroatoms. The van der Waals surface area contributed by atoms with Crippen molar-refractivity contribution in [3.63, 3.8) is 0 Å². The second-order valence-electron chi connectivity index (χ2n) is 4.60. The van der Waals surface area contributed by atoms with Crippen molar-refractivity contribution in [3.8, 4) is 5.75 Å². The number of ether oxygens (including phenoxy) is 1. The Kier molecular flexibility index (Phi) is 4.04. The highest BCUT2D eigenvalue weighted by Gasteiger charge is 2.12. The summed E-state index contributed by atoms with van der Waals surface area (Å²) in [6.07, 6.45) is 0.187. The smallest absolute Gasteiger partial charge is 0.129 e. The third-order valence-electron chi connectivity index (χ3n) is 2.87. The number of rotatable bonds is 4. The summed E-state index contributed by atoms with van der Waals surface area (Å²) in [6, 6.07) is 8.30. The molecule has 96 valence electrons. The molecule has 0 saturated heterocycles. The van der Waals surface area contributed by atoms with E-state index in [0.717, 1.165) is 10.6 Å². The van der Waals surface area contributed by atoms with E-state index < -0.39 is 6.10 Å². The molecule has 18 heavy (non-hydrogen) atoms. The molecular formula is C15H18O2S. The van der Waals surface area contributed by atoms with E-state index in [-0.39, 0.29) is 0 Å². The summed E-state index contributed by atoms with van der Waals surface area (Å²) >= 11 is 1.53. The standard InChI is InChI=1S/C15H18O2S/c1-10-4-11(2)6-12(5-10)7-14(16)15-8-13(17-3)9-18-15/h4-6,8-9,14,16H,7H2,1-3H3. The van der Waals surface area contributed by atoms with Crippen LogP contribution in [0, 0.1) is 13.8 Å². The number of methoxy groups -OCH3 is 1. The van der Waals surface area contributed by atoms with Gasteiger partial charge in [-0.05, 0) is 25.5 Å². The van der Waals surface area contributed by atoms with Crippen LogP contribution in [0.3, 0.4) is 0 Å². The van der Waals surface area contributed by atoms with Gasteiger partial charge in [-0.3, -0.25) is 0 Å². The van der Waals surface area contributed by atoms with Crippen LogP contribution in [0.2, 0.25) is 0 Å². The predicted molar refractivity (Wildman–Crippen MR) is 75.5 cm³/mol. The Morgan fingerprint density at radius 2 is 1.83 bits per heavy atom. The summed E-state index contributed by atoms with van der Waals surface area (Å²) in [7, 11) is 1.64. The van der Waals surface area contributed by atoms with Gasteiger partial charge < -0.3 is 9.84 Å². The number of hydrogen-bond acceptors (Lipinski definition) is 3. The van der Waals surface area contributed by atoms with E-state index >= 15 is 0 Å². The van der Waals surface area contributed by atoms with Crippen LogP contribution in [0.15, 0.2) is 29.6 Å². The molecule has 0 saturated carbocycles. The van der Waals surface area contributed by atoms with E-state index in [1.165, 1.54) is 28.0 Å². The Morgan fingerprint density at radius 3 is 2.39 bits per heavy atom. The first kappa shape index (κ1) is 13.1. The molecule has 1 aromatic carbocycles. The summed E-state index contributed by atoms with van der Waals surface area (Å²) in [4.78, 5) is 0.950. The molecular weight excluding hydrogens is 244 g/mol. The van der Waals surface area contributed by atoms with Gasteiger partial charge in [0.25, 0.3) is 0 Å². The summed E-state index contributed by atoms with van der Waals surface area (Å²) in [5, 5.41) is 12.1. The largest absolute Gasteiger partial charge is 0.496 e. The second kappa shape index (κ2) is 5.55. The SMILES string of the molecule is COc1csc(C(O)Cc2cc(C)cc(C)c2)c1. The fourth-order valence-electron chi connectivity index (χ4n) is 2.13. The lowest BCUT2D eigenvalue weighted by molar-refractivity contribution is 0.182. The molecule has 0 aliphatic heterocycles. The first-order chi connectivity index (χ1) is 8.58. The topological polar surface area (TPSA) is 29.5 Å². The van der Waals surface area contributed by atoms with Crippen LogP contribution in [-0.2, 0) is 6.42 Å². The van der Waals surface area contributed by atoms with Gasteiger partial charge in [-0.25, -0.2) is 0 Å². The molecule has 2 nitrogen and oxygen atoms in total. The van der Waals surface area contributed by atoms with E-state index in [1.54, 1.807) is 7.11 Å². The number of thiophene rings is 1. The van der Waals surface area contributed by atoms with Gasteiger partial charge in [0.1, 0.15) is 5.75 Å². The zero-order valence-electron chi connectivity index (χ0n) is 10.9. The molecule has 0 amide bonds. The molecule has 1 heterocycles. The van der Waals surface area contributed by atoms with Crippen LogP contribution in [0.25, 0.3) is 0 Å². The van der Waals surface area contributed by atoms with Crippen LogP contribution in [-0.4, -0.2) is 12.2 Å². The second-order valence-corrected chi connectivity index (χ2v) is 5.55. The van der Waals surface area contributed by atoms with Crippen LogP contribution in [0.5, 0.6) is 5.75 Å². The van der Waals surface area contributed by atoms with Crippen molar-refractivity contribution in [3.05, 3.63) is 51.2 Å². The van der Waals surface area contributed by atoms with Gasteiger partial charge in [0, 0.05) is 16.7 Å². The summed E-state index contributed by atoms with van der Waals surface area (Å²) in [5.41, 5.74) is 3.65. The van der Waals surface area contributed by atoms with Crippen LogP contribution < -0.4 is 4.74 Å². The average molecular weight is 262 g/mol. The molecule has 0 aliphatic carbocycles. The van der Waals surface area contributed by atoms with E-state index in [4.69, 9.17) is 4.74 Å². The van der Waals surface area contributed by atoms with Crippen LogP contribution in [0.1, 0.15) is 27.7 Å². The van der Waals surface area contributed by atoms with Gasteiger partial charge in [0.15, 0.2) is 0 Å². The normalized spacial score (nSPS) is 12.4. The Hall–Kier alpha value is -1.32. The zero-order chi connectivity index (χ0) is 13.1. The lowest BCUT2D eigenvalue weighted by Crippen LogP contribution is -2.00. The molecule has 1 N–H and O–H groups in total. The molecule has 1 atom stereocenters. The molecule has 0 fully saturated rings. The molecule has 0 spiro atoms. The van der Waals surface area contributed by atoms with Crippen molar-refractivity contribution in [2.24, 2.45) is 0 Å². The fraction of sp³-hybridized carbons (Fsp3) is 0.333. The predicted octanol–water partition coefficient (Wildman–Crippen LogP) is 3.65. The lowest BCUT2D eigenvalue weighted by atomic mass is 10.0. The first-order valence-electron chi connectivity index (χ1n) is 5.96. The maximum absolute atomic E-state index is 10.2. The molecule has 0 aliphatic rings. The Balaban J connectivity index is 2.12. The van der Waals surface area contributed by atoms with Crippen molar-refractivity contribution in [1.29, 1.82) is 0 Å². The lowest BCUT2D eigenvalue weighted by Gasteiger charge is -2.10. The summed E-state index contributed by atoms with van der Waals surface area (Å²) in [6.45, 7) is 4.16. The third-order valence-corrected chi connectivity index (χ3v) is 3.88. The van der Waals surface area contributed by atoms with Gasteiger partial charge in [-0.1, -0.05) is 29.3 Å². The third kappa shape index (κ3) is 3.12. The Bertz CT molecular complexity index is 511. The number of aliphatic hydroxyl groups excluding tert-OH is 1. The fourth-order valence-corrected chi connectivity index (χ4v) is 2.97. The minimum absolute atomic E-state index is 0.458. The highest BCUT2D eigenvalue weighted by Crippen LogP contribution is 2.29. The Labute approximate surface area is 112 Å². The molecule has 0 radical (unpaired) electrons. The van der Waals surface area contributed by atoms with E-state index in [0.29, 0.717) is 6.42 Å². The maximum Gasteiger partial charge on any atom is 0.129 e. The quantitative estimate of drug-likeness (QED) is 0.911. The van der Waals surface area contributed by atoms with Crippen molar-refractivity contribution in [2.75, 3.05) is 7.11 Å². The number of benzene rings is 1.